The van der Waals surface area contributed by atoms with Gasteiger partial charge in [-0.1, -0.05) is 47.6 Å². The predicted octanol–water partition coefficient (Wildman–Crippen LogP) is 5.13. The molecule has 0 saturated carbocycles. The van der Waals surface area contributed by atoms with Crippen molar-refractivity contribution in [2.45, 2.75) is 18.4 Å². The lowest BCUT2D eigenvalue weighted by Crippen LogP contribution is -1.87. The zero-order valence-electron chi connectivity index (χ0n) is 14.3. The number of hydrogen-bond donors (Lipinski definition) is 0. The van der Waals surface area contributed by atoms with E-state index < -0.39 is 0 Å². The third kappa shape index (κ3) is 3.70. The molecule has 5 nitrogen and oxygen atoms in total. The minimum absolute atomic E-state index is 0.611. The van der Waals surface area contributed by atoms with Gasteiger partial charge in [0, 0.05) is 16.9 Å². The van der Waals surface area contributed by atoms with Crippen LogP contribution < -0.4 is 0 Å². The Labute approximate surface area is 155 Å². The number of oxazole rings is 1. The van der Waals surface area contributed by atoms with Crippen LogP contribution in [0.5, 0.6) is 0 Å². The Balaban J connectivity index is 1.36. The van der Waals surface area contributed by atoms with Crippen LogP contribution in [0.25, 0.3) is 22.8 Å². The van der Waals surface area contributed by atoms with Gasteiger partial charge in [-0.3, -0.25) is 0 Å². The first-order valence-corrected chi connectivity index (χ1v) is 9.41. The molecule has 0 unspecified atom stereocenters. The first-order chi connectivity index (χ1) is 12.8. The summed E-state index contributed by atoms with van der Waals surface area (Å²) in [6.07, 6.45) is 1.70. The summed E-state index contributed by atoms with van der Waals surface area (Å²) < 4.78 is 10.9. The maximum Gasteiger partial charge on any atom is 0.236 e. The number of hydrogen-bond acceptors (Lipinski definition) is 6. The minimum Gasteiger partial charge on any atom is -0.444 e. The van der Waals surface area contributed by atoms with Crippen LogP contribution in [0.2, 0.25) is 0 Å². The Kier molecular flexibility index (Phi) is 4.84. The van der Waals surface area contributed by atoms with Gasteiger partial charge in [0.05, 0.1) is 11.4 Å². The molecular formula is C20H17N3O2S. The average molecular weight is 363 g/mol. The molecular weight excluding hydrogens is 346 g/mol. The smallest absolute Gasteiger partial charge is 0.236 e. The zero-order chi connectivity index (χ0) is 17.8. The van der Waals surface area contributed by atoms with Crippen molar-refractivity contribution in [1.82, 2.24) is 15.1 Å². The molecule has 0 amide bonds. The van der Waals surface area contributed by atoms with Crippen molar-refractivity contribution in [2.24, 2.45) is 0 Å². The average Bonchev–Trinajstić information content (AvgIpc) is 3.33. The van der Waals surface area contributed by atoms with Crippen LogP contribution in [0.15, 0.2) is 69.8 Å². The van der Waals surface area contributed by atoms with Gasteiger partial charge in [-0.2, -0.15) is 4.98 Å². The molecule has 0 bridgehead atoms. The van der Waals surface area contributed by atoms with Crippen molar-refractivity contribution in [3.63, 3.8) is 0 Å². The Morgan fingerprint density at radius 2 is 1.73 bits per heavy atom. The van der Waals surface area contributed by atoms with Crippen LogP contribution in [-0.4, -0.2) is 15.1 Å². The van der Waals surface area contributed by atoms with Crippen LogP contribution in [0.4, 0.5) is 0 Å². The second kappa shape index (κ2) is 7.58. The van der Waals surface area contributed by atoms with Crippen molar-refractivity contribution in [3.8, 4) is 22.8 Å². The van der Waals surface area contributed by atoms with Gasteiger partial charge in [-0.25, -0.2) is 4.98 Å². The van der Waals surface area contributed by atoms with Crippen molar-refractivity contribution in [1.29, 1.82) is 0 Å². The Morgan fingerprint density at radius 3 is 2.58 bits per heavy atom. The van der Waals surface area contributed by atoms with Gasteiger partial charge < -0.3 is 8.94 Å². The summed E-state index contributed by atoms with van der Waals surface area (Å²) in [6, 6.07) is 17.9. The fourth-order valence-corrected chi connectivity index (χ4v) is 3.31. The fraction of sp³-hybridized carbons (Fsp3) is 0.150. The second-order valence-corrected chi connectivity index (χ2v) is 6.82. The van der Waals surface area contributed by atoms with E-state index in [2.05, 4.69) is 15.1 Å². The summed E-state index contributed by atoms with van der Waals surface area (Å²) in [5.41, 5.74) is 4.00. The third-order valence-corrected chi connectivity index (χ3v) is 4.85. The van der Waals surface area contributed by atoms with Crippen LogP contribution in [0.3, 0.4) is 0 Å². The van der Waals surface area contributed by atoms with Crippen LogP contribution in [0.1, 0.15) is 17.1 Å². The molecule has 0 aliphatic carbocycles. The van der Waals surface area contributed by atoms with Gasteiger partial charge >= 0.3 is 0 Å². The van der Waals surface area contributed by atoms with Crippen LogP contribution in [-0.2, 0) is 11.5 Å². The highest BCUT2D eigenvalue weighted by Gasteiger charge is 2.11. The molecule has 0 saturated heterocycles. The first-order valence-electron chi connectivity index (χ1n) is 8.26. The van der Waals surface area contributed by atoms with Gasteiger partial charge in [0.15, 0.2) is 0 Å². The quantitative estimate of drug-likeness (QED) is 0.473. The molecule has 4 rings (SSSR count). The van der Waals surface area contributed by atoms with E-state index in [4.69, 9.17) is 8.94 Å². The van der Waals surface area contributed by atoms with E-state index >= 15 is 0 Å². The van der Waals surface area contributed by atoms with Gasteiger partial charge in [0.25, 0.3) is 0 Å². The first kappa shape index (κ1) is 16.6. The molecule has 0 atom stereocenters. The Hall–Kier alpha value is -2.86. The molecule has 6 heteroatoms. The molecule has 0 spiro atoms. The van der Waals surface area contributed by atoms with E-state index in [9.17, 15) is 0 Å². The summed E-state index contributed by atoms with van der Waals surface area (Å²) in [5, 5.41) is 4.08. The molecule has 0 fully saturated rings. The van der Waals surface area contributed by atoms with E-state index in [0.717, 1.165) is 28.1 Å². The highest BCUT2D eigenvalue weighted by atomic mass is 32.2. The highest BCUT2D eigenvalue weighted by Crippen LogP contribution is 2.24. The zero-order valence-corrected chi connectivity index (χ0v) is 15.1. The molecule has 130 valence electrons. The number of rotatable bonds is 6. The number of aromatic nitrogens is 3. The molecule has 0 N–H and O–H groups in total. The van der Waals surface area contributed by atoms with E-state index in [1.165, 1.54) is 0 Å². The lowest BCUT2D eigenvalue weighted by atomic mass is 10.1. The van der Waals surface area contributed by atoms with E-state index in [-0.39, 0.29) is 0 Å². The van der Waals surface area contributed by atoms with Crippen molar-refractivity contribution < 1.29 is 8.94 Å². The van der Waals surface area contributed by atoms with Crippen molar-refractivity contribution >= 4 is 11.8 Å². The SMILES string of the molecule is Cc1ccccc1-c1noc(CSCc2coc(-c3ccccc3)n2)n1. The summed E-state index contributed by atoms with van der Waals surface area (Å²) in [7, 11) is 0. The normalized spacial score (nSPS) is 11.0. The largest absolute Gasteiger partial charge is 0.444 e. The number of aryl methyl sites for hydroxylation is 1. The maximum atomic E-state index is 5.55. The standard InChI is InChI=1S/C20H17N3O2S/c1-14-7-5-6-10-17(14)19-22-18(25-23-19)13-26-12-16-11-24-20(21-16)15-8-3-2-4-9-15/h2-11H,12-13H2,1H3. The summed E-state index contributed by atoms with van der Waals surface area (Å²) in [4.78, 5) is 9.00. The fourth-order valence-electron chi connectivity index (χ4n) is 2.58. The monoisotopic (exact) mass is 363 g/mol. The highest BCUT2D eigenvalue weighted by molar-refractivity contribution is 7.97. The minimum atomic E-state index is 0.611. The second-order valence-electron chi connectivity index (χ2n) is 5.83. The van der Waals surface area contributed by atoms with Gasteiger partial charge in [0.1, 0.15) is 6.26 Å². The van der Waals surface area contributed by atoms with Crippen molar-refractivity contribution in [2.75, 3.05) is 0 Å². The Bertz CT molecular complexity index is 995. The third-order valence-electron chi connectivity index (χ3n) is 3.90. The number of nitrogens with zero attached hydrogens (tertiary/aromatic N) is 3. The van der Waals surface area contributed by atoms with Crippen LogP contribution >= 0.6 is 11.8 Å². The Morgan fingerprint density at radius 1 is 0.923 bits per heavy atom. The molecule has 2 aromatic carbocycles. The number of benzene rings is 2. The predicted molar refractivity (Wildman–Crippen MR) is 101 cm³/mol. The maximum absolute atomic E-state index is 5.55. The summed E-state index contributed by atoms with van der Waals surface area (Å²) >= 11 is 1.66. The summed E-state index contributed by atoms with van der Waals surface area (Å²) in [6.45, 7) is 2.04. The molecule has 0 aliphatic heterocycles. The molecule has 4 aromatic rings. The topological polar surface area (TPSA) is 65.0 Å². The van der Waals surface area contributed by atoms with Gasteiger partial charge in [-0.15, -0.1) is 11.8 Å². The van der Waals surface area contributed by atoms with Crippen molar-refractivity contribution in [3.05, 3.63) is 78.0 Å². The molecule has 0 radical (unpaired) electrons. The van der Waals surface area contributed by atoms with Crippen LogP contribution in [0, 0.1) is 6.92 Å². The number of thioether (sulfide) groups is 1. The van der Waals surface area contributed by atoms with Gasteiger partial charge in [0.2, 0.25) is 17.6 Å². The molecule has 26 heavy (non-hydrogen) atoms. The molecule has 2 heterocycles. The van der Waals surface area contributed by atoms with E-state index in [0.29, 0.717) is 23.4 Å². The van der Waals surface area contributed by atoms with Gasteiger partial charge in [-0.05, 0) is 24.6 Å². The van der Waals surface area contributed by atoms with E-state index in [1.807, 2.05) is 61.5 Å². The van der Waals surface area contributed by atoms with E-state index in [1.54, 1.807) is 18.0 Å². The lowest BCUT2D eigenvalue weighted by molar-refractivity contribution is 0.391. The molecule has 2 aromatic heterocycles. The molecule has 0 aliphatic rings. The summed E-state index contributed by atoms with van der Waals surface area (Å²) in [5.74, 6) is 3.23. The lowest BCUT2D eigenvalue weighted by Gasteiger charge is -1.98.